The molecule has 128 valence electrons. The maximum atomic E-state index is 12.0. The minimum absolute atomic E-state index is 0.223. The van der Waals surface area contributed by atoms with Crippen LogP contribution in [0.15, 0.2) is 11.6 Å². The van der Waals surface area contributed by atoms with Gasteiger partial charge in [0.15, 0.2) is 0 Å². The number of carbonyl (C=O) groups is 1. The Balaban J connectivity index is 2.34. The Labute approximate surface area is 135 Å². The molecule has 0 aromatic heterocycles. The molecule has 1 unspecified atom stereocenters. The van der Waals surface area contributed by atoms with Crippen molar-refractivity contribution >= 4 is 6.09 Å². The molecule has 1 aliphatic heterocycles. The lowest BCUT2D eigenvalue weighted by atomic mass is 9.96. The van der Waals surface area contributed by atoms with Crippen molar-refractivity contribution in [2.24, 2.45) is 17.6 Å². The van der Waals surface area contributed by atoms with Gasteiger partial charge in [-0.05, 0) is 52.1 Å². The number of nitrogens with one attached hydrogen (secondary N) is 1. The smallest absolute Gasteiger partial charge is 0.410 e. The molecule has 0 radical (unpaired) electrons. The molecule has 5 heteroatoms. The van der Waals surface area contributed by atoms with Gasteiger partial charge in [0.1, 0.15) is 5.60 Å². The van der Waals surface area contributed by atoms with Gasteiger partial charge in [-0.1, -0.05) is 25.5 Å². The fourth-order valence-electron chi connectivity index (χ4n) is 2.37. The molecule has 0 aliphatic carbocycles. The maximum Gasteiger partial charge on any atom is 0.410 e. The molecular formula is C17H33N3O2. The van der Waals surface area contributed by atoms with Gasteiger partial charge in [-0.3, -0.25) is 0 Å². The average Bonchev–Trinajstić information content (AvgIpc) is 2.42. The van der Waals surface area contributed by atoms with E-state index in [1.54, 1.807) is 4.90 Å². The van der Waals surface area contributed by atoms with Crippen molar-refractivity contribution in [3.8, 4) is 0 Å². The van der Waals surface area contributed by atoms with Crippen molar-refractivity contribution in [3.63, 3.8) is 0 Å². The number of ether oxygens (including phenoxy) is 1. The Bertz CT molecular complexity index is 386. The number of hydrogen-bond acceptors (Lipinski definition) is 4. The third-order valence-corrected chi connectivity index (χ3v) is 3.96. The molecule has 1 atom stereocenters. The molecular weight excluding hydrogens is 278 g/mol. The highest BCUT2D eigenvalue weighted by atomic mass is 16.6. The molecule has 0 aromatic carbocycles. The molecule has 0 saturated heterocycles. The third kappa shape index (κ3) is 6.79. The van der Waals surface area contributed by atoms with E-state index in [2.05, 4.69) is 25.2 Å². The van der Waals surface area contributed by atoms with Crippen LogP contribution in [0.1, 0.15) is 41.0 Å². The molecule has 5 nitrogen and oxygen atoms in total. The SMILES string of the molecule is CC(C)C(CN)CNCC1=CCN(C(=O)OC(C)(C)C)CC1. The summed E-state index contributed by atoms with van der Waals surface area (Å²) in [6.07, 6.45) is 2.81. The van der Waals surface area contributed by atoms with Crippen LogP contribution in [-0.2, 0) is 4.74 Å². The van der Waals surface area contributed by atoms with Crippen LogP contribution in [0, 0.1) is 11.8 Å². The van der Waals surface area contributed by atoms with Gasteiger partial charge in [0.05, 0.1) is 0 Å². The number of amides is 1. The van der Waals surface area contributed by atoms with Crippen LogP contribution in [0.3, 0.4) is 0 Å². The lowest BCUT2D eigenvalue weighted by molar-refractivity contribution is 0.0265. The summed E-state index contributed by atoms with van der Waals surface area (Å²) in [4.78, 5) is 13.7. The zero-order valence-electron chi connectivity index (χ0n) is 14.8. The van der Waals surface area contributed by atoms with Crippen molar-refractivity contribution in [1.82, 2.24) is 10.2 Å². The third-order valence-electron chi connectivity index (χ3n) is 3.96. The number of nitrogens with zero attached hydrogens (tertiary/aromatic N) is 1. The van der Waals surface area contributed by atoms with Gasteiger partial charge < -0.3 is 20.7 Å². The highest BCUT2D eigenvalue weighted by Crippen LogP contribution is 2.15. The Morgan fingerprint density at radius 2 is 2.14 bits per heavy atom. The molecule has 0 saturated carbocycles. The van der Waals surface area contributed by atoms with E-state index >= 15 is 0 Å². The average molecular weight is 311 g/mol. The summed E-state index contributed by atoms with van der Waals surface area (Å²) < 4.78 is 5.39. The van der Waals surface area contributed by atoms with Crippen LogP contribution in [-0.4, -0.2) is 49.3 Å². The molecule has 1 aliphatic rings. The second-order valence-corrected chi connectivity index (χ2v) is 7.41. The highest BCUT2D eigenvalue weighted by molar-refractivity contribution is 5.68. The van der Waals surface area contributed by atoms with Gasteiger partial charge in [0, 0.05) is 19.6 Å². The topological polar surface area (TPSA) is 67.6 Å². The molecule has 1 amide bonds. The molecule has 3 N–H and O–H groups in total. The van der Waals surface area contributed by atoms with Gasteiger partial charge in [-0.15, -0.1) is 0 Å². The lowest BCUT2D eigenvalue weighted by Gasteiger charge is -2.30. The van der Waals surface area contributed by atoms with Crippen LogP contribution in [0.5, 0.6) is 0 Å². The summed E-state index contributed by atoms with van der Waals surface area (Å²) in [5.41, 5.74) is 6.71. The molecule has 1 heterocycles. The van der Waals surface area contributed by atoms with E-state index in [9.17, 15) is 4.79 Å². The van der Waals surface area contributed by atoms with Gasteiger partial charge in [-0.2, -0.15) is 0 Å². The zero-order valence-corrected chi connectivity index (χ0v) is 14.8. The van der Waals surface area contributed by atoms with E-state index in [0.29, 0.717) is 18.4 Å². The van der Waals surface area contributed by atoms with Crippen LogP contribution >= 0.6 is 0 Å². The predicted molar refractivity (Wildman–Crippen MR) is 90.8 cm³/mol. The van der Waals surface area contributed by atoms with E-state index < -0.39 is 5.60 Å². The Hall–Kier alpha value is -1.07. The summed E-state index contributed by atoms with van der Waals surface area (Å²) in [6, 6.07) is 0. The normalized spacial score (nSPS) is 17.4. The first-order valence-electron chi connectivity index (χ1n) is 8.29. The number of hydrogen-bond donors (Lipinski definition) is 2. The quantitative estimate of drug-likeness (QED) is 0.739. The molecule has 0 fully saturated rings. The zero-order chi connectivity index (χ0) is 16.8. The van der Waals surface area contributed by atoms with Crippen molar-refractivity contribution < 1.29 is 9.53 Å². The van der Waals surface area contributed by atoms with Crippen molar-refractivity contribution in [3.05, 3.63) is 11.6 Å². The second-order valence-electron chi connectivity index (χ2n) is 7.41. The van der Waals surface area contributed by atoms with Crippen LogP contribution in [0.2, 0.25) is 0 Å². The van der Waals surface area contributed by atoms with E-state index in [0.717, 1.165) is 32.6 Å². The first kappa shape index (κ1) is 19.0. The minimum atomic E-state index is -0.434. The Kier molecular flexibility index (Phi) is 7.36. The van der Waals surface area contributed by atoms with Crippen LogP contribution in [0.25, 0.3) is 0 Å². The number of carbonyl (C=O) groups excluding carboxylic acids is 1. The summed E-state index contributed by atoms with van der Waals surface area (Å²) >= 11 is 0. The molecule has 0 aromatic rings. The fourth-order valence-corrected chi connectivity index (χ4v) is 2.37. The van der Waals surface area contributed by atoms with Crippen LogP contribution < -0.4 is 11.1 Å². The summed E-state index contributed by atoms with van der Waals surface area (Å²) in [5.74, 6) is 1.11. The standard InChI is InChI=1S/C17H33N3O2/c1-13(2)15(10-18)12-19-11-14-6-8-20(9-7-14)16(21)22-17(3,4)5/h6,13,15,19H,7-12,18H2,1-5H3. The first-order valence-corrected chi connectivity index (χ1v) is 8.29. The largest absolute Gasteiger partial charge is 0.444 e. The minimum Gasteiger partial charge on any atom is -0.444 e. The fraction of sp³-hybridized carbons (Fsp3) is 0.824. The first-order chi connectivity index (χ1) is 10.2. The number of rotatable bonds is 6. The van der Waals surface area contributed by atoms with E-state index in [4.69, 9.17) is 10.5 Å². The van der Waals surface area contributed by atoms with E-state index in [-0.39, 0.29) is 6.09 Å². The lowest BCUT2D eigenvalue weighted by Crippen LogP contribution is -2.40. The predicted octanol–water partition coefficient (Wildman–Crippen LogP) is 2.37. The summed E-state index contributed by atoms with van der Waals surface area (Å²) in [7, 11) is 0. The Morgan fingerprint density at radius 3 is 2.59 bits per heavy atom. The van der Waals surface area contributed by atoms with Crippen molar-refractivity contribution in [2.75, 3.05) is 32.7 Å². The van der Waals surface area contributed by atoms with Crippen molar-refractivity contribution in [1.29, 1.82) is 0 Å². The van der Waals surface area contributed by atoms with Gasteiger partial charge in [0.25, 0.3) is 0 Å². The highest BCUT2D eigenvalue weighted by Gasteiger charge is 2.23. The molecule has 1 rings (SSSR count). The monoisotopic (exact) mass is 311 g/mol. The van der Waals surface area contributed by atoms with Gasteiger partial charge in [0.2, 0.25) is 0 Å². The van der Waals surface area contributed by atoms with Gasteiger partial charge >= 0.3 is 6.09 Å². The molecule has 0 spiro atoms. The second kappa shape index (κ2) is 8.53. The van der Waals surface area contributed by atoms with Crippen LogP contribution in [0.4, 0.5) is 4.79 Å². The summed E-state index contributed by atoms with van der Waals surface area (Å²) in [6.45, 7) is 14.0. The maximum absolute atomic E-state index is 12.0. The summed E-state index contributed by atoms with van der Waals surface area (Å²) in [5, 5.41) is 3.49. The molecule has 0 bridgehead atoms. The Morgan fingerprint density at radius 1 is 1.45 bits per heavy atom. The van der Waals surface area contributed by atoms with Gasteiger partial charge in [-0.25, -0.2) is 4.79 Å². The van der Waals surface area contributed by atoms with Crippen molar-refractivity contribution in [2.45, 2.75) is 46.6 Å². The van der Waals surface area contributed by atoms with E-state index in [1.807, 2.05) is 20.8 Å². The molecule has 22 heavy (non-hydrogen) atoms. The van der Waals surface area contributed by atoms with E-state index in [1.165, 1.54) is 5.57 Å². The number of nitrogens with two attached hydrogens (primary N) is 1.